The van der Waals surface area contributed by atoms with Crippen LogP contribution in [0.5, 0.6) is 0 Å². The van der Waals surface area contributed by atoms with E-state index in [2.05, 4.69) is 20.6 Å². The van der Waals surface area contributed by atoms with Crippen LogP contribution in [0.4, 0.5) is 4.39 Å². The third kappa shape index (κ3) is 5.69. The molecule has 0 spiro atoms. The molecule has 0 aliphatic heterocycles. The van der Waals surface area contributed by atoms with Crippen molar-refractivity contribution in [1.29, 1.82) is 0 Å². The molecule has 0 fully saturated rings. The molecule has 138 valence electrons. The summed E-state index contributed by atoms with van der Waals surface area (Å²) in [5.41, 5.74) is 1.18. The maximum atomic E-state index is 14.0. The molecule has 0 bridgehead atoms. The van der Waals surface area contributed by atoms with Crippen molar-refractivity contribution in [3.63, 3.8) is 0 Å². The molecule has 5 nitrogen and oxygen atoms in total. The minimum atomic E-state index is -0.376. The van der Waals surface area contributed by atoms with E-state index in [0.717, 1.165) is 11.5 Å². The van der Waals surface area contributed by atoms with E-state index in [9.17, 15) is 4.39 Å². The quantitative estimate of drug-likeness (QED) is 0.406. The highest BCUT2D eigenvalue weighted by Crippen LogP contribution is 2.24. The molecule has 1 aromatic heterocycles. The molecule has 0 atom stereocenters. The zero-order valence-corrected chi connectivity index (χ0v) is 17.6. The van der Waals surface area contributed by atoms with Crippen LogP contribution >= 0.6 is 24.0 Å². The Morgan fingerprint density at radius 2 is 1.92 bits per heavy atom. The van der Waals surface area contributed by atoms with Crippen LogP contribution in [0.3, 0.4) is 0 Å². The molecule has 0 aliphatic rings. The van der Waals surface area contributed by atoms with E-state index in [1.807, 2.05) is 39.8 Å². The molecule has 2 rings (SSSR count). The van der Waals surface area contributed by atoms with Crippen LogP contribution in [0.1, 0.15) is 36.8 Å². The van der Waals surface area contributed by atoms with Gasteiger partial charge in [0.15, 0.2) is 5.96 Å². The summed E-state index contributed by atoms with van der Waals surface area (Å²) in [7, 11) is 1.69. The van der Waals surface area contributed by atoms with Crippen molar-refractivity contribution < 1.29 is 8.81 Å². The van der Waals surface area contributed by atoms with Crippen molar-refractivity contribution in [3.8, 4) is 0 Å². The molecular weight excluding hydrogens is 434 g/mol. The molecule has 0 saturated heterocycles. The first-order chi connectivity index (χ1) is 11.3. The lowest BCUT2D eigenvalue weighted by atomic mass is 9.84. The largest absolute Gasteiger partial charge is 0.444 e. The van der Waals surface area contributed by atoms with E-state index in [0.29, 0.717) is 30.5 Å². The van der Waals surface area contributed by atoms with E-state index < -0.39 is 0 Å². The number of aliphatic imine (C=N–C) groups is 1. The molecule has 1 aromatic carbocycles. The Morgan fingerprint density at radius 1 is 1.24 bits per heavy atom. The maximum Gasteiger partial charge on any atom is 0.214 e. The molecule has 0 saturated carbocycles. The Morgan fingerprint density at radius 3 is 2.48 bits per heavy atom. The van der Waals surface area contributed by atoms with E-state index in [4.69, 9.17) is 4.42 Å². The van der Waals surface area contributed by atoms with Gasteiger partial charge >= 0.3 is 0 Å². The van der Waals surface area contributed by atoms with Gasteiger partial charge in [-0.2, -0.15) is 0 Å². The lowest BCUT2D eigenvalue weighted by Gasteiger charge is -2.27. The van der Waals surface area contributed by atoms with Crippen molar-refractivity contribution in [2.75, 3.05) is 13.6 Å². The first-order valence-corrected chi connectivity index (χ1v) is 7.96. The van der Waals surface area contributed by atoms with Gasteiger partial charge < -0.3 is 15.1 Å². The number of halogens is 2. The number of hydrogen-bond acceptors (Lipinski definition) is 3. The van der Waals surface area contributed by atoms with Crippen molar-refractivity contribution in [1.82, 2.24) is 15.6 Å². The minimum absolute atomic E-state index is 0. The van der Waals surface area contributed by atoms with Gasteiger partial charge in [0.1, 0.15) is 11.6 Å². The van der Waals surface area contributed by atoms with Gasteiger partial charge in [0, 0.05) is 19.0 Å². The number of rotatable bonds is 5. The van der Waals surface area contributed by atoms with Gasteiger partial charge in [-0.3, -0.25) is 4.99 Å². The smallest absolute Gasteiger partial charge is 0.214 e. The second-order valence-corrected chi connectivity index (χ2v) is 6.39. The molecule has 2 N–H and O–H groups in total. The highest BCUT2D eigenvalue weighted by molar-refractivity contribution is 14.0. The summed E-state index contributed by atoms with van der Waals surface area (Å²) in [6, 6.07) is 6.84. The number of aryl methyl sites for hydroxylation is 2. The summed E-state index contributed by atoms with van der Waals surface area (Å²) in [6.45, 7) is 8.76. The zero-order chi connectivity index (χ0) is 17.7. The fourth-order valence-corrected chi connectivity index (χ4v) is 2.40. The molecular formula is C18H26FIN4O. The van der Waals surface area contributed by atoms with Gasteiger partial charge in [0.2, 0.25) is 5.89 Å². The second kappa shape index (κ2) is 9.17. The summed E-state index contributed by atoms with van der Waals surface area (Å²) in [4.78, 5) is 8.51. The van der Waals surface area contributed by atoms with Crippen LogP contribution < -0.4 is 10.6 Å². The maximum absolute atomic E-state index is 14.0. The van der Waals surface area contributed by atoms with Crippen molar-refractivity contribution in [3.05, 3.63) is 53.0 Å². The monoisotopic (exact) mass is 460 g/mol. The first kappa shape index (κ1) is 21.4. The average Bonchev–Trinajstić information content (AvgIpc) is 2.86. The Kier molecular flexibility index (Phi) is 7.85. The molecule has 0 aliphatic carbocycles. The highest BCUT2D eigenvalue weighted by Gasteiger charge is 2.24. The zero-order valence-electron chi connectivity index (χ0n) is 15.3. The first-order valence-electron chi connectivity index (χ1n) is 7.96. The number of nitrogens with zero attached hydrogens (tertiary/aromatic N) is 2. The highest BCUT2D eigenvalue weighted by atomic mass is 127. The Bertz CT molecular complexity index is 708. The van der Waals surface area contributed by atoms with Crippen LogP contribution in [-0.2, 0) is 12.0 Å². The molecule has 0 radical (unpaired) electrons. The predicted molar refractivity (Wildman–Crippen MR) is 109 cm³/mol. The number of aromatic nitrogens is 1. The van der Waals surface area contributed by atoms with Gasteiger partial charge in [-0.25, -0.2) is 9.37 Å². The average molecular weight is 460 g/mol. The summed E-state index contributed by atoms with van der Waals surface area (Å²) >= 11 is 0. The Labute approximate surface area is 165 Å². The number of oxazole rings is 1. The van der Waals surface area contributed by atoms with E-state index in [1.54, 1.807) is 13.1 Å². The number of hydrogen-bond donors (Lipinski definition) is 2. The molecule has 25 heavy (non-hydrogen) atoms. The van der Waals surface area contributed by atoms with E-state index in [-0.39, 0.29) is 35.2 Å². The Balaban J connectivity index is 0.00000312. The molecule has 7 heteroatoms. The van der Waals surface area contributed by atoms with Crippen LogP contribution in [-0.4, -0.2) is 24.5 Å². The molecule has 0 unspecified atom stereocenters. The third-order valence-electron chi connectivity index (χ3n) is 4.00. The van der Waals surface area contributed by atoms with Crippen LogP contribution in [0, 0.1) is 19.7 Å². The Hall–Kier alpha value is -1.64. The SMILES string of the molecule is CN=C(NCc1nc(C)c(C)o1)NCC(C)(C)c1ccccc1F.I. The number of benzene rings is 1. The molecule has 1 heterocycles. The number of guanidine groups is 1. The summed E-state index contributed by atoms with van der Waals surface area (Å²) in [5, 5.41) is 6.38. The van der Waals surface area contributed by atoms with Crippen molar-refractivity contribution in [2.45, 2.75) is 39.7 Å². The van der Waals surface area contributed by atoms with Crippen LogP contribution in [0.25, 0.3) is 0 Å². The fourth-order valence-electron chi connectivity index (χ4n) is 2.40. The van der Waals surface area contributed by atoms with Gasteiger partial charge in [-0.05, 0) is 25.5 Å². The van der Waals surface area contributed by atoms with E-state index >= 15 is 0 Å². The lowest BCUT2D eigenvalue weighted by Crippen LogP contribution is -2.43. The standard InChI is InChI=1S/C18H25FN4O.HI/c1-12-13(2)24-16(23-12)10-21-17(20-5)22-11-18(3,4)14-8-6-7-9-15(14)19;/h6-9H,10-11H2,1-5H3,(H2,20,21,22);1H. The lowest BCUT2D eigenvalue weighted by molar-refractivity contribution is 0.457. The van der Waals surface area contributed by atoms with Crippen LogP contribution in [0.15, 0.2) is 33.7 Å². The normalized spacial score (nSPS) is 11.8. The minimum Gasteiger partial charge on any atom is -0.444 e. The van der Waals surface area contributed by atoms with Crippen molar-refractivity contribution in [2.24, 2.45) is 4.99 Å². The third-order valence-corrected chi connectivity index (χ3v) is 4.00. The summed E-state index contributed by atoms with van der Waals surface area (Å²) < 4.78 is 19.5. The number of nitrogens with one attached hydrogen (secondary N) is 2. The van der Waals surface area contributed by atoms with Gasteiger partial charge in [-0.15, -0.1) is 24.0 Å². The topological polar surface area (TPSA) is 62.5 Å². The summed E-state index contributed by atoms with van der Waals surface area (Å²) in [6.07, 6.45) is 0. The van der Waals surface area contributed by atoms with Crippen molar-refractivity contribution >= 4 is 29.9 Å². The van der Waals surface area contributed by atoms with Crippen LogP contribution in [0.2, 0.25) is 0 Å². The van der Waals surface area contributed by atoms with Gasteiger partial charge in [-0.1, -0.05) is 32.0 Å². The predicted octanol–water partition coefficient (Wildman–Crippen LogP) is 3.69. The molecule has 0 amide bonds. The van der Waals surface area contributed by atoms with Gasteiger partial charge in [0.25, 0.3) is 0 Å². The summed E-state index contributed by atoms with van der Waals surface area (Å²) in [5.74, 6) is 1.85. The second-order valence-electron chi connectivity index (χ2n) is 6.39. The fraction of sp³-hybridized carbons (Fsp3) is 0.444. The van der Waals surface area contributed by atoms with E-state index in [1.165, 1.54) is 6.07 Å². The van der Waals surface area contributed by atoms with Gasteiger partial charge in [0.05, 0.1) is 12.2 Å². The molecule has 2 aromatic rings.